The normalized spacial score (nSPS) is 12.2. The smallest absolute Gasteiger partial charge is 0.242 e. The zero-order valence-corrected chi connectivity index (χ0v) is 11.9. The Morgan fingerprint density at radius 1 is 1.00 bits per heavy atom. The quantitative estimate of drug-likeness (QED) is 0.904. The average molecular weight is 268 g/mol. The van der Waals surface area contributed by atoms with Gasteiger partial charge in [-0.25, -0.2) is 0 Å². The number of amides is 1. The lowest BCUT2D eigenvalue weighted by Crippen LogP contribution is -2.41. The van der Waals surface area contributed by atoms with Gasteiger partial charge in [0.1, 0.15) is 0 Å². The molecular weight excluding hydrogens is 248 g/mol. The van der Waals surface area contributed by atoms with Crippen LogP contribution < -0.4 is 5.32 Å². The molecule has 1 unspecified atom stereocenters. The Morgan fingerprint density at radius 2 is 1.55 bits per heavy atom. The summed E-state index contributed by atoms with van der Waals surface area (Å²) in [5.41, 5.74) is 1.99. The predicted molar refractivity (Wildman–Crippen MR) is 82.7 cm³/mol. The monoisotopic (exact) mass is 268 g/mol. The van der Waals surface area contributed by atoms with Gasteiger partial charge in [-0.15, -0.1) is 0 Å². The SMILES string of the molecule is CN(C)C(Cc1ccccc1)C(=O)Nc1ccccc1. The van der Waals surface area contributed by atoms with Crippen molar-refractivity contribution in [3.05, 3.63) is 66.2 Å². The Balaban J connectivity index is 2.07. The highest BCUT2D eigenvalue weighted by atomic mass is 16.2. The molecule has 2 rings (SSSR count). The van der Waals surface area contributed by atoms with Crippen molar-refractivity contribution in [3.8, 4) is 0 Å². The second kappa shape index (κ2) is 6.87. The van der Waals surface area contributed by atoms with Crippen LogP contribution in [0.3, 0.4) is 0 Å². The molecule has 0 aliphatic heterocycles. The molecule has 1 N–H and O–H groups in total. The van der Waals surface area contributed by atoms with Crippen molar-refractivity contribution < 1.29 is 4.79 Å². The lowest BCUT2D eigenvalue weighted by molar-refractivity contribution is -0.120. The number of benzene rings is 2. The highest BCUT2D eigenvalue weighted by molar-refractivity contribution is 5.94. The summed E-state index contributed by atoms with van der Waals surface area (Å²) in [5, 5.41) is 2.96. The van der Waals surface area contributed by atoms with E-state index in [-0.39, 0.29) is 11.9 Å². The summed E-state index contributed by atoms with van der Waals surface area (Å²) >= 11 is 0. The van der Waals surface area contributed by atoms with Gasteiger partial charge in [-0.3, -0.25) is 9.69 Å². The molecule has 1 atom stereocenters. The number of carbonyl (C=O) groups is 1. The van der Waals surface area contributed by atoms with Crippen LogP contribution in [0.1, 0.15) is 5.56 Å². The number of nitrogens with zero attached hydrogens (tertiary/aromatic N) is 1. The third kappa shape index (κ3) is 3.93. The van der Waals surface area contributed by atoms with Crippen molar-refractivity contribution in [2.24, 2.45) is 0 Å². The molecule has 0 aliphatic rings. The van der Waals surface area contributed by atoms with Gasteiger partial charge in [-0.1, -0.05) is 48.5 Å². The van der Waals surface area contributed by atoms with Gasteiger partial charge < -0.3 is 5.32 Å². The molecule has 0 aromatic heterocycles. The van der Waals surface area contributed by atoms with E-state index in [1.54, 1.807) is 0 Å². The Morgan fingerprint density at radius 3 is 2.10 bits per heavy atom. The number of carbonyl (C=O) groups excluding carboxylic acids is 1. The van der Waals surface area contributed by atoms with E-state index < -0.39 is 0 Å². The van der Waals surface area contributed by atoms with Crippen LogP contribution in [-0.4, -0.2) is 30.9 Å². The number of hydrogen-bond donors (Lipinski definition) is 1. The first kappa shape index (κ1) is 14.3. The van der Waals surface area contributed by atoms with Gasteiger partial charge in [0.25, 0.3) is 0 Å². The molecule has 2 aromatic carbocycles. The highest BCUT2D eigenvalue weighted by Gasteiger charge is 2.21. The second-order valence-corrected chi connectivity index (χ2v) is 5.02. The van der Waals surface area contributed by atoms with E-state index in [0.717, 1.165) is 11.3 Å². The summed E-state index contributed by atoms with van der Waals surface area (Å²) < 4.78 is 0. The maximum atomic E-state index is 12.4. The highest BCUT2D eigenvalue weighted by Crippen LogP contribution is 2.11. The Labute approximate surface area is 120 Å². The molecule has 0 heterocycles. The fourth-order valence-corrected chi connectivity index (χ4v) is 2.09. The van der Waals surface area contributed by atoms with Gasteiger partial charge in [0.2, 0.25) is 5.91 Å². The molecular formula is C17H20N2O. The molecule has 20 heavy (non-hydrogen) atoms. The van der Waals surface area contributed by atoms with Gasteiger partial charge in [0, 0.05) is 5.69 Å². The minimum atomic E-state index is -0.183. The molecule has 0 fully saturated rings. The molecule has 3 nitrogen and oxygen atoms in total. The van der Waals surface area contributed by atoms with Gasteiger partial charge in [-0.05, 0) is 38.2 Å². The fraction of sp³-hybridized carbons (Fsp3) is 0.235. The molecule has 0 aliphatic carbocycles. The number of hydrogen-bond acceptors (Lipinski definition) is 2. The zero-order chi connectivity index (χ0) is 14.4. The lowest BCUT2D eigenvalue weighted by Gasteiger charge is -2.23. The van der Waals surface area contributed by atoms with Crippen LogP contribution >= 0.6 is 0 Å². The Bertz CT molecular complexity index is 537. The largest absolute Gasteiger partial charge is 0.325 e. The molecule has 3 heteroatoms. The summed E-state index contributed by atoms with van der Waals surface area (Å²) in [4.78, 5) is 14.4. The van der Waals surface area contributed by atoms with Crippen LogP contribution in [0.25, 0.3) is 0 Å². The number of nitrogens with one attached hydrogen (secondary N) is 1. The van der Waals surface area contributed by atoms with Gasteiger partial charge >= 0.3 is 0 Å². The lowest BCUT2D eigenvalue weighted by atomic mass is 10.0. The second-order valence-electron chi connectivity index (χ2n) is 5.02. The van der Waals surface area contributed by atoms with Crippen LogP contribution in [-0.2, 0) is 11.2 Å². The number of likely N-dealkylation sites (N-methyl/N-ethyl adjacent to an activating group) is 1. The zero-order valence-electron chi connectivity index (χ0n) is 11.9. The van der Waals surface area contributed by atoms with Crippen molar-refractivity contribution >= 4 is 11.6 Å². The Kier molecular flexibility index (Phi) is 4.91. The van der Waals surface area contributed by atoms with Crippen LogP contribution in [0.5, 0.6) is 0 Å². The van der Waals surface area contributed by atoms with Crippen molar-refractivity contribution in [2.75, 3.05) is 19.4 Å². The maximum Gasteiger partial charge on any atom is 0.242 e. The standard InChI is InChI=1S/C17H20N2O/c1-19(2)16(13-14-9-5-3-6-10-14)17(20)18-15-11-7-4-8-12-15/h3-12,16H,13H2,1-2H3,(H,18,20). The van der Waals surface area contributed by atoms with E-state index in [1.165, 1.54) is 0 Å². The van der Waals surface area contributed by atoms with Crippen LogP contribution in [0.15, 0.2) is 60.7 Å². The van der Waals surface area contributed by atoms with Gasteiger partial charge in [-0.2, -0.15) is 0 Å². The fourth-order valence-electron chi connectivity index (χ4n) is 2.09. The summed E-state index contributed by atoms with van der Waals surface area (Å²) in [5.74, 6) is 0.0186. The van der Waals surface area contributed by atoms with Crippen molar-refractivity contribution in [1.82, 2.24) is 4.90 Å². The summed E-state index contributed by atoms with van der Waals surface area (Å²) in [6.45, 7) is 0. The third-order valence-corrected chi connectivity index (χ3v) is 3.24. The van der Waals surface area contributed by atoms with Gasteiger partial charge in [0.15, 0.2) is 0 Å². The van der Waals surface area contributed by atoms with E-state index in [2.05, 4.69) is 5.32 Å². The number of anilines is 1. The topological polar surface area (TPSA) is 32.3 Å². The van der Waals surface area contributed by atoms with Crippen molar-refractivity contribution in [1.29, 1.82) is 0 Å². The predicted octanol–water partition coefficient (Wildman–Crippen LogP) is 2.80. The first-order valence-electron chi connectivity index (χ1n) is 6.73. The molecule has 0 saturated carbocycles. The van der Waals surface area contributed by atoms with E-state index in [0.29, 0.717) is 6.42 Å². The summed E-state index contributed by atoms with van der Waals surface area (Å²) in [7, 11) is 3.86. The van der Waals surface area contributed by atoms with E-state index in [4.69, 9.17) is 0 Å². The summed E-state index contributed by atoms with van der Waals surface area (Å²) in [6.07, 6.45) is 0.701. The summed E-state index contributed by atoms with van der Waals surface area (Å²) in [6, 6.07) is 19.4. The number of para-hydroxylation sites is 1. The first-order chi connectivity index (χ1) is 9.66. The minimum Gasteiger partial charge on any atom is -0.325 e. The maximum absolute atomic E-state index is 12.4. The molecule has 0 saturated heterocycles. The van der Waals surface area contributed by atoms with E-state index in [9.17, 15) is 4.79 Å². The van der Waals surface area contributed by atoms with E-state index in [1.807, 2.05) is 79.7 Å². The first-order valence-corrected chi connectivity index (χ1v) is 6.73. The molecule has 0 radical (unpaired) electrons. The molecule has 0 spiro atoms. The molecule has 0 bridgehead atoms. The van der Waals surface area contributed by atoms with Crippen LogP contribution in [0, 0.1) is 0 Å². The van der Waals surface area contributed by atoms with Crippen molar-refractivity contribution in [3.63, 3.8) is 0 Å². The minimum absolute atomic E-state index is 0.0186. The molecule has 1 amide bonds. The molecule has 104 valence electrons. The van der Waals surface area contributed by atoms with E-state index >= 15 is 0 Å². The number of rotatable bonds is 5. The third-order valence-electron chi connectivity index (χ3n) is 3.24. The molecule has 2 aromatic rings. The van der Waals surface area contributed by atoms with Crippen LogP contribution in [0.4, 0.5) is 5.69 Å². The average Bonchev–Trinajstić information content (AvgIpc) is 2.46. The van der Waals surface area contributed by atoms with Gasteiger partial charge in [0.05, 0.1) is 6.04 Å². The van der Waals surface area contributed by atoms with Crippen molar-refractivity contribution in [2.45, 2.75) is 12.5 Å². The van der Waals surface area contributed by atoms with Crippen LogP contribution in [0.2, 0.25) is 0 Å². The Hall–Kier alpha value is -2.13.